The molecule has 4 aromatic carbocycles. The molecule has 4 aromatic rings. The van der Waals surface area contributed by atoms with Crippen LogP contribution in [0.1, 0.15) is 34.8 Å². The highest BCUT2D eigenvalue weighted by molar-refractivity contribution is 5.92. The fourth-order valence-electron chi connectivity index (χ4n) is 3.53. The number of nitrogens with zero attached hydrogens (tertiary/aromatic N) is 1. The standard InChI is InChI=1S/C29H26N2O4/c1-2-18-34-25-16-12-23(13-17-25)29(33)35-26-14-10-21(11-15-26)20-30-31-28(32)19-24-8-5-7-22-6-3-4-9-27(22)24/h3-17,20H,2,18-19H2,1H3,(H,31,32)/b30-20-. The molecule has 0 unspecified atom stereocenters. The molecule has 0 atom stereocenters. The van der Waals surface area contributed by atoms with Crippen molar-refractivity contribution in [2.75, 3.05) is 6.61 Å². The Bertz CT molecular complexity index is 1320. The summed E-state index contributed by atoms with van der Waals surface area (Å²) in [5, 5.41) is 6.19. The summed E-state index contributed by atoms with van der Waals surface area (Å²) in [5.74, 6) is 0.484. The van der Waals surface area contributed by atoms with E-state index in [9.17, 15) is 9.59 Å². The zero-order valence-corrected chi connectivity index (χ0v) is 19.4. The van der Waals surface area contributed by atoms with Crippen LogP contribution in [0.2, 0.25) is 0 Å². The Kier molecular flexibility index (Phi) is 7.86. The second-order valence-electron chi connectivity index (χ2n) is 7.94. The minimum Gasteiger partial charge on any atom is -0.494 e. The van der Waals surface area contributed by atoms with Crippen molar-refractivity contribution in [1.82, 2.24) is 5.43 Å². The second kappa shape index (κ2) is 11.6. The fraction of sp³-hybridized carbons (Fsp3) is 0.138. The van der Waals surface area contributed by atoms with Gasteiger partial charge in [0.15, 0.2) is 0 Å². The van der Waals surface area contributed by atoms with Crippen LogP contribution in [0.15, 0.2) is 96.1 Å². The third-order valence-corrected chi connectivity index (χ3v) is 5.29. The Morgan fingerprint density at radius 2 is 1.57 bits per heavy atom. The Morgan fingerprint density at radius 1 is 0.857 bits per heavy atom. The zero-order valence-electron chi connectivity index (χ0n) is 19.4. The quantitative estimate of drug-likeness (QED) is 0.152. The number of fused-ring (bicyclic) bond motifs is 1. The van der Waals surface area contributed by atoms with Crippen LogP contribution in [0.4, 0.5) is 0 Å². The number of hydrogen-bond acceptors (Lipinski definition) is 5. The normalized spacial score (nSPS) is 10.9. The van der Waals surface area contributed by atoms with E-state index in [-0.39, 0.29) is 12.3 Å². The van der Waals surface area contributed by atoms with Crippen molar-refractivity contribution in [2.45, 2.75) is 19.8 Å². The van der Waals surface area contributed by atoms with Gasteiger partial charge in [0.1, 0.15) is 11.5 Å². The van der Waals surface area contributed by atoms with E-state index in [4.69, 9.17) is 9.47 Å². The number of rotatable bonds is 9. The largest absolute Gasteiger partial charge is 0.494 e. The number of hydrogen-bond donors (Lipinski definition) is 1. The molecule has 1 N–H and O–H groups in total. The molecule has 0 aliphatic heterocycles. The first-order chi connectivity index (χ1) is 17.1. The molecule has 0 bridgehead atoms. The van der Waals surface area contributed by atoms with E-state index >= 15 is 0 Å². The van der Waals surface area contributed by atoms with Crippen molar-refractivity contribution in [3.05, 3.63) is 108 Å². The minimum atomic E-state index is -0.450. The van der Waals surface area contributed by atoms with Crippen LogP contribution in [0.5, 0.6) is 11.5 Å². The van der Waals surface area contributed by atoms with E-state index in [0.717, 1.165) is 34.1 Å². The molecule has 6 nitrogen and oxygen atoms in total. The monoisotopic (exact) mass is 466 g/mol. The average molecular weight is 467 g/mol. The van der Waals surface area contributed by atoms with Crippen molar-refractivity contribution in [3.63, 3.8) is 0 Å². The topological polar surface area (TPSA) is 77.0 Å². The molecule has 0 saturated carbocycles. The Balaban J connectivity index is 1.29. The molecular weight excluding hydrogens is 440 g/mol. The molecule has 0 saturated heterocycles. The minimum absolute atomic E-state index is 0.200. The van der Waals surface area contributed by atoms with Gasteiger partial charge < -0.3 is 9.47 Å². The van der Waals surface area contributed by atoms with Crippen LogP contribution >= 0.6 is 0 Å². The van der Waals surface area contributed by atoms with Gasteiger partial charge in [-0.15, -0.1) is 0 Å². The number of esters is 1. The first-order valence-electron chi connectivity index (χ1n) is 11.5. The maximum Gasteiger partial charge on any atom is 0.343 e. The van der Waals surface area contributed by atoms with Crippen LogP contribution in [-0.4, -0.2) is 24.7 Å². The summed E-state index contributed by atoms with van der Waals surface area (Å²) >= 11 is 0. The van der Waals surface area contributed by atoms with E-state index < -0.39 is 5.97 Å². The van der Waals surface area contributed by atoms with Gasteiger partial charge in [-0.25, -0.2) is 10.2 Å². The van der Waals surface area contributed by atoms with Crippen LogP contribution in [0, 0.1) is 0 Å². The smallest absolute Gasteiger partial charge is 0.343 e. The van der Waals surface area contributed by atoms with Crippen LogP contribution in [0.3, 0.4) is 0 Å². The molecule has 35 heavy (non-hydrogen) atoms. The SMILES string of the molecule is CCCOc1ccc(C(=O)Oc2ccc(/C=N\NC(=O)Cc3cccc4ccccc34)cc2)cc1. The number of nitrogens with one attached hydrogen (secondary N) is 1. The average Bonchev–Trinajstić information content (AvgIpc) is 2.89. The molecule has 0 spiro atoms. The summed E-state index contributed by atoms with van der Waals surface area (Å²) < 4.78 is 11.0. The predicted octanol–water partition coefficient (Wildman–Crippen LogP) is 5.54. The van der Waals surface area contributed by atoms with Gasteiger partial charge in [0.25, 0.3) is 0 Å². The van der Waals surface area contributed by atoms with Gasteiger partial charge in [-0.1, -0.05) is 49.4 Å². The third kappa shape index (κ3) is 6.54. The molecule has 0 aliphatic rings. The molecule has 176 valence electrons. The molecule has 4 rings (SSSR count). The first-order valence-corrected chi connectivity index (χ1v) is 11.5. The maximum atomic E-state index is 12.4. The third-order valence-electron chi connectivity index (χ3n) is 5.29. The van der Waals surface area contributed by atoms with Gasteiger partial charge in [-0.3, -0.25) is 4.79 Å². The Hall–Kier alpha value is -4.45. The van der Waals surface area contributed by atoms with Gasteiger partial charge in [0, 0.05) is 0 Å². The first kappa shape index (κ1) is 23.7. The van der Waals surface area contributed by atoms with E-state index in [1.165, 1.54) is 0 Å². The lowest BCUT2D eigenvalue weighted by molar-refractivity contribution is -0.120. The van der Waals surface area contributed by atoms with Crippen molar-refractivity contribution in [1.29, 1.82) is 0 Å². The van der Waals surface area contributed by atoms with Crippen LogP contribution < -0.4 is 14.9 Å². The molecule has 1 amide bonds. The second-order valence-corrected chi connectivity index (χ2v) is 7.94. The maximum absolute atomic E-state index is 12.4. The zero-order chi connectivity index (χ0) is 24.5. The Morgan fingerprint density at radius 3 is 2.34 bits per heavy atom. The summed E-state index contributed by atoms with van der Waals surface area (Å²) in [5.41, 5.74) is 4.71. The van der Waals surface area contributed by atoms with Crippen molar-refractivity contribution >= 4 is 28.9 Å². The summed E-state index contributed by atoms with van der Waals surface area (Å²) in [6, 6.07) is 27.6. The van der Waals surface area contributed by atoms with E-state index in [2.05, 4.69) is 10.5 Å². The summed E-state index contributed by atoms with van der Waals surface area (Å²) in [7, 11) is 0. The van der Waals surface area contributed by atoms with Gasteiger partial charge >= 0.3 is 5.97 Å². The highest BCUT2D eigenvalue weighted by Gasteiger charge is 2.09. The number of ether oxygens (including phenoxy) is 2. The van der Waals surface area contributed by atoms with Gasteiger partial charge in [0.2, 0.25) is 5.91 Å². The molecule has 0 radical (unpaired) electrons. The Labute approximate surface area is 204 Å². The lowest BCUT2D eigenvalue weighted by atomic mass is 10.0. The van der Waals surface area contributed by atoms with Gasteiger partial charge in [-0.2, -0.15) is 5.10 Å². The molecule has 0 fully saturated rings. The van der Waals surface area contributed by atoms with Crippen LogP contribution in [-0.2, 0) is 11.2 Å². The lowest BCUT2D eigenvalue weighted by Crippen LogP contribution is -2.19. The van der Waals surface area contributed by atoms with Crippen molar-refractivity contribution < 1.29 is 19.1 Å². The number of hydrazone groups is 1. The predicted molar refractivity (Wildman–Crippen MR) is 137 cm³/mol. The van der Waals surface area contributed by atoms with Gasteiger partial charge in [0.05, 0.1) is 24.8 Å². The van der Waals surface area contributed by atoms with E-state index in [1.807, 2.05) is 49.4 Å². The molecule has 0 aliphatic carbocycles. The number of carbonyl (C=O) groups excluding carboxylic acids is 2. The molecule has 0 heterocycles. The highest BCUT2D eigenvalue weighted by atomic mass is 16.5. The number of benzene rings is 4. The molecular formula is C29H26N2O4. The van der Waals surface area contributed by atoms with Crippen molar-refractivity contribution in [3.8, 4) is 11.5 Å². The summed E-state index contributed by atoms with van der Waals surface area (Å²) in [6.07, 6.45) is 2.70. The van der Waals surface area contributed by atoms with E-state index in [0.29, 0.717) is 17.9 Å². The summed E-state index contributed by atoms with van der Waals surface area (Å²) in [4.78, 5) is 24.7. The summed E-state index contributed by atoms with van der Waals surface area (Å²) in [6.45, 7) is 2.67. The van der Waals surface area contributed by atoms with E-state index in [1.54, 1.807) is 54.7 Å². The van der Waals surface area contributed by atoms with Gasteiger partial charge in [-0.05, 0) is 76.9 Å². The molecule has 6 heteroatoms. The lowest BCUT2D eigenvalue weighted by Gasteiger charge is -2.07. The number of amides is 1. The van der Waals surface area contributed by atoms with Crippen LogP contribution in [0.25, 0.3) is 10.8 Å². The highest BCUT2D eigenvalue weighted by Crippen LogP contribution is 2.19. The fourth-order valence-corrected chi connectivity index (χ4v) is 3.53. The number of carbonyl (C=O) groups is 2. The van der Waals surface area contributed by atoms with Crippen molar-refractivity contribution in [2.24, 2.45) is 5.10 Å². The molecule has 0 aromatic heterocycles.